The first kappa shape index (κ1) is 33.7. The van der Waals surface area contributed by atoms with Crippen molar-refractivity contribution in [1.82, 2.24) is 20.9 Å². The van der Waals surface area contributed by atoms with Gasteiger partial charge in [-0.2, -0.15) is 0 Å². The molecule has 2 aromatic carbocycles. The molecule has 3 heterocycles. The van der Waals surface area contributed by atoms with Gasteiger partial charge in [-0.3, -0.25) is 19.3 Å². The van der Waals surface area contributed by atoms with Gasteiger partial charge in [-0.05, 0) is 36.6 Å². The van der Waals surface area contributed by atoms with Crippen LogP contribution < -0.4 is 20.7 Å². The molecule has 248 valence electrons. The summed E-state index contributed by atoms with van der Waals surface area (Å²) < 4.78 is 21.5. The van der Waals surface area contributed by atoms with Crippen LogP contribution in [-0.2, 0) is 46.2 Å². The first-order chi connectivity index (χ1) is 22.3. The van der Waals surface area contributed by atoms with Crippen molar-refractivity contribution >= 4 is 23.9 Å². The van der Waals surface area contributed by atoms with Crippen molar-refractivity contribution in [3.8, 4) is 5.75 Å². The molecule has 1 unspecified atom stereocenters. The van der Waals surface area contributed by atoms with Crippen molar-refractivity contribution in [1.29, 1.82) is 0 Å². The number of aldehydes is 1. The van der Waals surface area contributed by atoms with E-state index in [2.05, 4.69) is 16.0 Å². The lowest BCUT2D eigenvalue weighted by molar-refractivity contribution is -0.136. The molecule has 46 heavy (non-hydrogen) atoms. The van der Waals surface area contributed by atoms with Crippen LogP contribution in [0.4, 0.5) is 0 Å². The highest BCUT2D eigenvalue weighted by Crippen LogP contribution is 2.29. The van der Waals surface area contributed by atoms with Gasteiger partial charge in [-0.15, -0.1) is 0 Å². The number of carbonyl (C=O) groups excluding carboxylic acids is 4. The monoisotopic (exact) mass is 636 g/mol. The number of hydrogen-bond acceptors (Lipinski definition) is 10. The lowest BCUT2D eigenvalue weighted by atomic mass is 9.93. The maximum atomic E-state index is 14.0. The molecule has 0 radical (unpaired) electrons. The summed E-state index contributed by atoms with van der Waals surface area (Å²) in [5.74, 6) is -0.531. The Balaban J connectivity index is 1.33. The molecule has 0 saturated carbocycles. The van der Waals surface area contributed by atoms with Crippen molar-refractivity contribution in [2.24, 2.45) is 5.92 Å². The van der Waals surface area contributed by atoms with E-state index < -0.39 is 35.7 Å². The zero-order valence-corrected chi connectivity index (χ0v) is 26.4. The van der Waals surface area contributed by atoms with Crippen LogP contribution in [0.25, 0.3) is 0 Å². The number of rotatable bonds is 17. The van der Waals surface area contributed by atoms with Gasteiger partial charge in [0.25, 0.3) is 0 Å². The fourth-order valence-corrected chi connectivity index (χ4v) is 5.76. The average molecular weight is 637 g/mol. The first-order valence-electron chi connectivity index (χ1n) is 15.8. The van der Waals surface area contributed by atoms with E-state index in [1.807, 2.05) is 47.4 Å². The number of ketones is 1. The molecular formula is C34H44N4O8. The SMILES string of the molecule is COc1ccc(C[C@H](NC(=O)[C@@H](NCC(C=O)N2CCOCC2)C2COC2)C(=O)N[C@@H](Cc2ccccc2)C(=O)[C@@]2(C)CO2)cc1. The first-order valence-corrected chi connectivity index (χ1v) is 15.8. The lowest BCUT2D eigenvalue weighted by Crippen LogP contribution is -2.61. The van der Waals surface area contributed by atoms with Crippen LogP contribution in [0.2, 0.25) is 0 Å². The fraction of sp³-hybridized carbons (Fsp3) is 0.529. The number of nitrogens with one attached hydrogen (secondary N) is 3. The van der Waals surface area contributed by atoms with Gasteiger partial charge in [-0.25, -0.2) is 0 Å². The molecule has 5 rings (SSSR count). The number of Topliss-reactive ketones (excluding diaryl/α,β-unsaturated/α-hetero) is 1. The van der Waals surface area contributed by atoms with Crippen LogP contribution in [0.15, 0.2) is 54.6 Å². The highest BCUT2D eigenvalue weighted by molar-refractivity contribution is 5.98. The topological polar surface area (TPSA) is 148 Å². The molecule has 12 nitrogen and oxygen atoms in total. The number of benzene rings is 2. The summed E-state index contributed by atoms with van der Waals surface area (Å²) >= 11 is 0. The van der Waals surface area contributed by atoms with E-state index in [4.69, 9.17) is 18.9 Å². The van der Waals surface area contributed by atoms with E-state index in [0.29, 0.717) is 51.9 Å². The second kappa shape index (κ2) is 15.7. The molecule has 3 saturated heterocycles. The van der Waals surface area contributed by atoms with E-state index in [9.17, 15) is 19.2 Å². The molecule has 3 N–H and O–H groups in total. The van der Waals surface area contributed by atoms with Crippen molar-refractivity contribution < 1.29 is 38.1 Å². The molecule has 2 aromatic rings. The second-order valence-corrected chi connectivity index (χ2v) is 12.3. The Kier molecular flexibility index (Phi) is 11.5. The molecule has 3 aliphatic rings. The van der Waals surface area contributed by atoms with E-state index in [-0.39, 0.29) is 37.0 Å². The lowest BCUT2D eigenvalue weighted by Gasteiger charge is -2.36. The minimum atomic E-state index is -0.994. The van der Waals surface area contributed by atoms with Gasteiger partial charge in [-0.1, -0.05) is 42.5 Å². The van der Waals surface area contributed by atoms with E-state index in [0.717, 1.165) is 17.4 Å². The standard InChI is InChI=1S/C34H44N4O8/c1-34(22-46-34)31(40)28(16-23-6-4-3-5-7-23)36-32(41)29(17-24-8-10-27(43-2)11-9-24)37-33(42)30(25-20-45-21-25)35-18-26(19-39)38-12-14-44-15-13-38/h3-11,19,25-26,28-30,35H,12-18,20-22H2,1-2H3,(H,36,41)(H,37,42)/t26?,28-,29-,30-,34+/m0/s1. The molecule has 0 aliphatic carbocycles. The normalized spacial score (nSPS) is 22.4. The van der Waals surface area contributed by atoms with E-state index in [1.165, 1.54) is 0 Å². The Labute approximate surface area is 269 Å². The van der Waals surface area contributed by atoms with Gasteiger partial charge in [0.05, 0.1) is 58.3 Å². The largest absolute Gasteiger partial charge is 0.497 e. The molecule has 5 atom stereocenters. The maximum absolute atomic E-state index is 14.0. The third-order valence-corrected chi connectivity index (χ3v) is 8.88. The molecular weight excluding hydrogens is 592 g/mol. The zero-order valence-electron chi connectivity index (χ0n) is 26.4. The van der Waals surface area contributed by atoms with Crippen LogP contribution in [0, 0.1) is 5.92 Å². The minimum Gasteiger partial charge on any atom is -0.497 e. The summed E-state index contributed by atoms with van der Waals surface area (Å²) in [5, 5.41) is 9.19. The van der Waals surface area contributed by atoms with Gasteiger partial charge < -0.3 is 39.7 Å². The van der Waals surface area contributed by atoms with Gasteiger partial charge in [0.15, 0.2) is 5.78 Å². The number of methoxy groups -OCH3 is 1. The highest BCUT2D eigenvalue weighted by atomic mass is 16.6. The van der Waals surface area contributed by atoms with Crippen molar-refractivity contribution in [2.45, 2.75) is 49.5 Å². The van der Waals surface area contributed by atoms with Crippen LogP contribution >= 0.6 is 0 Å². The second-order valence-electron chi connectivity index (χ2n) is 12.3. The predicted molar refractivity (Wildman–Crippen MR) is 168 cm³/mol. The smallest absolute Gasteiger partial charge is 0.243 e. The van der Waals surface area contributed by atoms with Crippen LogP contribution in [0.1, 0.15) is 18.1 Å². The molecule has 12 heteroatoms. The van der Waals surface area contributed by atoms with Crippen LogP contribution in [0.3, 0.4) is 0 Å². The molecule has 0 bridgehead atoms. The Morgan fingerprint density at radius 2 is 1.57 bits per heavy atom. The van der Waals surface area contributed by atoms with Crippen LogP contribution in [-0.4, -0.2) is 118 Å². The molecule has 3 fully saturated rings. The minimum absolute atomic E-state index is 0.124. The number of nitrogens with zero attached hydrogens (tertiary/aromatic N) is 1. The quantitative estimate of drug-likeness (QED) is 0.164. The Morgan fingerprint density at radius 3 is 2.15 bits per heavy atom. The molecule has 2 amide bonds. The van der Waals surface area contributed by atoms with E-state index >= 15 is 0 Å². The summed E-state index contributed by atoms with van der Waals surface area (Å²) in [6.45, 7) is 5.40. The van der Waals surface area contributed by atoms with E-state index in [1.54, 1.807) is 26.2 Å². The Morgan fingerprint density at radius 1 is 0.935 bits per heavy atom. The maximum Gasteiger partial charge on any atom is 0.243 e. The summed E-state index contributed by atoms with van der Waals surface area (Å²) in [6.07, 6.45) is 1.35. The highest BCUT2D eigenvalue weighted by Gasteiger charge is 2.50. The van der Waals surface area contributed by atoms with Gasteiger partial charge in [0, 0.05) is 32.0 Å². The predicted octanol–water partition coefficient (Wildman–Crippen LogP) is 0.312. The zero-order chi connectivity index (χ0) is 32.5. The van der Waals surface area contributed by atoms with Crippen molar-refractivity contribution in [3.63, 3.8) is 0 Å². The van der Waals surface area contributed by atoms with Gasteiger partial charge in [0.1, 0.15) is 23.7 Å². The Bertz CT molecular complexity index is 1330. The summed E-state index contributed by atoms with van der Waals surface area (Å²) in [7, 11) is 1.57. The summed E-state index contributed by atoms with van der Waals surface area (Å²) in [6, 6.07) is 13.8. The number of amides is 2. The van der Waals surface area contributed by atoms with Gasteiger partial charge >= 0.3 is 0 Å². The van der Waals surface area contributed by atoms with Crippen molar-refractivity contribution in [2.75, 3.05) is 59.8 Å². The number of morpholine rings is 1. The number of carbonyl (C=O) groups is 4. The summed E-state index contributed by atoms with van der Waals surface area (Å²) in [4.78, 5) is 55.4. The third kappa shape index (κ3) is 8.77. The number of ether oxygens (including phenoxy) is 4. The Hall–Kier alpha value is -3.68. The molecule has 0 spiro atoms. The van der Waals surface area contributed by atoms with Crippen LogP contribution in [0.5, 0.6) is 5.75 Å². The fourth-order valence-electron chi connectivity index (χ4n) is 5.76. The molecule has 0 aromatic heterocycles. The molecule has 3 aliphatic heterocycles. The average Bonchev–Trinajstić information content (AvgIpc) is 3.82. The third-order valence-electron chi connectivity index (χ3n) is 8.88. The van der Waals surface area contributed by atoms with Gasteiger partial charge in [0.2, 0.25) is 11.8 Å². The summed E-state index contributed by atoms with van der Waals surface area (Å²) in [5.41, 5.74) is 0.742. The van der Waals surface area contributed by atoms with Crippen molar-refractivity contribution in [3.05, 3.63) is 65.7 Å². The number of epoxide rings is 1. The number of hydrogen-bond donors (Lipinski definition) is 3.